The molecule has 1 aliphatic heterocycles. The lowest BCUT2D eigenvalue weighted by atomic mass is 10.3. The molecule has 0 aliphatic carbocycles. The number of guanidine groups is 1. The van der Waals surface area contributed by atoms with Crippen LogP contribution in [0.4, 0.5) is 0 Å². The Hall–Kier alpha value is -1.18. The summed E-state index contributed by atoms with van der Waals surface area (Å²) in [7, 11) is 0. The smallest absolute Gasteiger partial charge is 0.191 e. The highest BCUT2D eigenvalue weighted by Gasteiger charge is 2.09. The van der Waals surface area contributed by atoms with E-state index < -0.39 is 0 Å². The van der Waals surface area contributed by atoms with E-state index in [0.29, 0.717) is 6.54 Å². The molecule has 2 N–H and O–H groups in total. The van der Waals surface area contributed by atoms with Crippen molar-refractivity contribution in [1.29, 1.82) is 0 Å². The van der Waals surface area contributed by atoms with Crippen LogP contribution in [0.2, 0.25) is 0 Å². The molecule has 0 radical (unpaired) electrons. The van der Waals surface area contributed by atoms with Gasteiger partial charge in [-0.3, -0.25) is 4.90 Å². The lowest BCUT2D eigenvalue weighted by Crippen LogP contribution is -2.40. The van der Waals surface area contributed by atoms with Crippen LogP contribution in [0.5, 0.6) is 0 Å². The minimum absolute atomic E-state index is 0.690. The van der Waals surface area contributed by atoms with Crippen molar-refractivity contribution < 1.29 is 4.74 Å². The summed E-state index contributed by atoms with van der Waals surface area (Å²) < 4.78 is 5.36. The van der Waals surface area contributed by atoms with Crippen molar-refractivity contribution in [2.45, 2.75) is 26.8 Å². The number of hydrogen-bond donors (Lipinski definition) is 2. The number of nitrogens with zero attached hydrogens (tertiary/aromatic N) is 3. The monoisotopic (exact) mass is 325 g/mol. The number of hydrogen-bond acceptors (Lipinski definition) is 5. The fourth-order valence-corrected chi connectivity index (χ4v) is 3.01. The molecular weight excluding hydrogens is 298 g/mol. The Morgan fingerprint density at radius 3 is 2.91 bits per heavy atom. The summed E-state index contributed by atoms with van der Waals surface area (Å²) in [6.07, 6.45) is 1.12. The van der Waals surface area contributed by atoms with Crippen molar-refractivity contribution in [2.75, 3.05) is 45.9 Å². The summed E-state index contributed by atoms with van der Waals surface area (Å²) in [4.78, 5) is 12.6. The topological polar surface area (TPSA) is 61.8 Å². The van der Waals surface area contributed by atoms with E-state index >= 15 is 0 Å². The molecule has 1 aliphatic rings. The largest absolute Gasteiger partial charge is 0.379 e. The average Bonchev–Trinajstić information content (AvgIpc) is 2.95. The molecule has 0 spiro atoms. The minimum Gasteiger partial charge on any atom is -0.379 e. The van der Waals surface area contributed by atoms with Gasteiger partial charge in [0.2, 0.25) is 0 Å². The van der Waals surface area contributed by atoms with Crippen molar-refractivity contribution >= 4 is 17.3 Å². The van der Waals surface area contributed by atoms with Gasteiger partial charge < -0.3 is 15.4 Å². The summed E-state index contributed by atoms with van der Waals surface area (Å²) in [6, 6.07) is 0. The SMILES string of the molecule is CCNC(=NCc1scnc1C)NCCCN1CCOCC1. The van der Waals surface area contributed by atoms with E-state index in [-0.39, 0.29) is 0 Å². The Balaban J connectivity index is 1.70. The van der Waals surface area contributed by atoms with Gasteiger partial charge in [-0.05, 0) is 26.8 Å². The fourth-order valence-electron chi connectivity index (χ4n) is 2.30. The van der Waals surface area contributed by atoms with Gasteiger partial charge in [-0.2, -0.15) is 0 Å². The molecule has 1 saturated heterocycles. The highest BCUT2D eigenvalue weighted by molar-refractivity contribution is 7.09. The molecule has 0 bridgehead atoms. The third kappa shape index (κ3) is 5.90. The van der Waals surface area contributed by atoms with E-state index in [2.05, 4.69) is 32.4 Å². The Morgan fingerprint density at radius 2 is 2.23 bits per heavy atom. The van der Waals surface area contributed by atoms with Crippen molar-refractivity contribution in [3.63, 3.8) is 0 Å². The first-order valence-electron chi connectivity index (χ1n) is 8.01. The summed E-state index contributed by atoms with van der Waals surface area (Å²) in [5.41, 5.74) is 2.96. The third-order valence-corrected chi connectivity index (χ3v) is 4.54. The summed E-state index contributed by atoms with van der Waals surface area (Å²) in [5.74, 6) is 0.886. The number of aryl methyl sites for hydroxylation is 1. The Morgan fingerprint density at radius 1 is 1.41 bits per heavy atom. The normalized spacial score (nSPS) is 16.7. The maximum atomic E-state index is 5.36. The van der Waals surface area contributed by atoms with Crippen LogP contribution >= 0.6 is 11.3 Å². The van der Waals surface area contributed by atoms with Gasteiger partial charge in [0, 0.05) is 31.1 Å². The predicted octanol–water partition coefficient (Wildman–Crippen LogP) is 1.23. The standard InChI is InChI=1S/C15H27N5OS/c1-3-16-15(18-11-14-13(2)19-12-22-14)17-5-4-6-20-7-9-21-10-8-20/h12H,3-11H2,1-2H3,(H2,16,17,18). The molecule has 1 aromatic heterocycles. The molecule has 7 heteroatoms. The van der Waals surface area contributed by atoms with Gasteiger partial charge in [-0.25, -0.2) is 9.98 Å². The van der Waals surface area contributed by atoms with Gasteiger partial charge in [0.05, 0.1) is 31.0 Å². The second-order valence-electron chi connectivity index (χ2n) is 5.29. The molecule has 0 saturated carbocycles. The van der Waals surface area contributed by atoms with Crippen LogP contribution in [0.1, 0.15) is 23.9 Å². The predicted molar refractivity (Wildman–Crippen MR) is 91.5 cm³/mol. The van der Waals surface area contributed by atoms with Gasteiger partial charge in [0.1, 0.15) is 0 Å². The second-order valence-corrected chi connectivity index (χ2v) is 6.23. The number of morpholine rings is 1. The number of thiazole rings is 1. The number of nitrogens with one attached hydrogen (secondary N) is 2. The molecule has 6 nitrogen and oxygen atoms in total. The molecule has 0 amide bonds. The molecule has 1 aromatic rings. The van der Waals surface area contributed by atoms with Crippen molar-refractivity contribution in [3.05, 3.63) is 16.1 Å². The van der Waals surface area contributed by atoms with Gasteiger partial charge >= 0.3 is 0 Å². The zero-order chi connectivity index (χ0) is 15.6. The van der Waals surface area contributed by atoms with E-state index in [0.717, 1.165) is 64.0 Å². The number of ether oxygens (including phenoxy) is 1. The third-order valence-electron chi connectivity index (χ3n) is 3.62. The highest BCUT2D eigenvalue weighted by Crippen LogP contribution is 2.12. The van der Waals surface area contributed by atoms with Crippen LogP contribution in [0.15, 0.2) is 10.5 Å². The van der Waals surface area contributed by atoms with E-state index in [4.69, 9.17) is 4.74 Å². The van der Waals surface area contributed by atoms with E-state index in [1.54, 1.807) is 11.3 Å². The summed E-state index contributed by atoms with van der Waals surface area (Å²) >= 11 is 1.66. The number of rotatable bonds is 7. The fraction of sp³-hybridized carbons (Fsp3) is 0.733. The maximum absolute atomic E-state index is 5.36. The average molecular weight is 325 g/mol. The highest BCUT2D eigenvalue weighted by atomic mass is 32.1. The van der Waals surface area contributed by atoms with Crippen molar-refractivity contribution in [1.82, 2.24) is 20.5 Å². The summed E-state index contributed by atoms with van der Waals surface area (Å²) in [6.45, 7) is 11.6. The van der Waals surface area contributed by atoms with Gasteiger partial charge in [-0.1, -0.05) is 0 Å². The lowest BCUT2D eigenvalue weighted by Gasteiger charge is -2.26. The Labute approximate surface area is 137 Å². The first-order valence-corrected chi connectivity index (χ1v) is 8.88. The van der Waals surface area contributed by atoms with Crippen molar-refractivity contribution in [2.24, 2.45) is 4.99 Å². The minimum atomic E-state index is 0.690. The van der Waals surface area contributed by atoms with Gasteiger partial charge in [0.25, 0.3) is 0 Å². The van der Waals surface area contributed by atoms with E-state index in [9.17, 15) is 0 Å². The van der Waals surface area contributed by atoms with E-state index in [1.165, 1.54) is 4.88 Å². The van der Waals surface area contributed by atoms with Crippen molar-refractivity contribution in [3.8, 4) is 0 Å². The zero-order valence-electron chi connectivity index (χ0n) is 13.6. The van der Waals surface area contributed by atoms with Crippen LogP contribution in [0, 0.1) is 6.92 Å². The molecule has 0 unspecified atom stereocenters. The molecule has 1 fully saturated rings. The first kappa shape index (κ1) is 17.2. The summed E-state index contributed by atoms with van der Waals surface area (Å²) in [5, 5.41) is 6.70. The van der Waals surface area contributed by atoms with Crippen LogP contribution in [-0.2, 0) is 11.3 Å². The number of aliphatic imine (C=N–C) groups is 1. The first-order chi connectivity index (χ1) is 10.8. The van der Waals surface area contributed by atoms with Gasteiger partial charge in [-0.15, -0.1) is 11.3 Å². The lowest BCUT2D eigenvalue weighted by molar-refractivity contribution is 0.0376. The molecular formula is C15H27N5OS. The van der Waals surface area contributed by atoms with Crippen LogP contribution in [-0.4, -0.2) is 61.8 Å². The molecule has 0 atom stereocenters. The zero-order valence-corrected chi connectivity index (χ0v) is 14.4. The number of aromatic nitrogens is 1. The van der Waals surface area contributed by atoms with Crippen LogP contribution in [0.3, 0.4) is 0 Å². The maximum Gasteiger partial charge on any atom is 0.191 e. The molecule has 2 heterocycles. The van der Waals surface area contributed by atoms with E-state index in [1.807, 2.05) is 12.4 Å². The quantitative estimate of drug-likeness (QED) is 0.448. The Kier molecular flexibility index (Phi) is 7.62. The van der Waals surface area contributed by atoms with Crippen LogP contribution < -0.4 is 10.6 Å². The van der Waals surface area contributed by atoms with Gasteiger partial charge in [0.15, 0.2) is 5.96 Å². The van der Waals surface area contributed by atoms with Crippen LogP contribution in [0.25, 0.3) is 0 Å². The Bertz CT molecular complexity index is 457. The molecule has 2 rings (SSSR count). The molecule has 0 aromatic carbocycles. The second kappa shape index (κ2) is 9.76. The molecule has 124 valence electrons. The molecule has 22 heavy (non-hydrogen) atoms.